The number of thiazole rings is 1. The Morgan fingerprint density at radius 1 is 1.41 bits per heavy atom. The van der Waals surface area contributed by atoms with Crippen LogP contribution in [0.25, 0.3) is 0 Å². The summed E-state index contributed by atoms with van der Waals surface area (Å²) in [5.41, 5.74) is 5.94. The summed E-state index contributed by atoms with van der Waals surface area (Å²) in [6.45, 7) is 4.23. The highest BCUT2D eigenvalue weighted by Crippen LogP contribution is 2.47. The van der Waals surface area contributed by atoms with Crippen molar-refractivity contribution < 1.29 is 9.50 Å². The van der Waals surface area contributed by atoms with E-state index in [2.05, 4.69) is 15.0 Å². The first-order valence-corrected chi connectivity index (χ1v) is 10.0. The lowest BCUT2D eigenvalue weighted by Gasteiger charge is -2.32. The summed E-state index contributed by atoms with van der Waals surface area (Å²) < 4.78 is 14.0. The summed E-state index contributed by atoms with van der Waals surface area (Å²) in [5, 5.41) is 10.7. The molecular weight excluding hydrogens is 411 g/mol. The average Bonchev–Trinajstić information content (AvgIpc) is 3.22. The molecule has 0 saturated carbocycles. The van der Waals surface area contributed by atoms with Gasteiger partial charge in [-0.1, -0.05) is 11.8 Å². The van der Waals surface area contributed by atoms with Gasteiger partial charge in [-0.05, 0) is 13.8 Å². The standard InChI is InChI=1S/C16H19FN6OS2.ClH/c1-15(2,24)12-10(17)3-20-14(21-12)23-5-9-6-25-13(18)22-16(9,7-23)11-4-19-8-26-11;/h3-4,8-9,24H,5-7H2,1-2H3,(H2,18,22);1H/t9-,16?;/m0./s1. The topological polar surface area (TPSA) is 101 Å². The Kier molecular flexibility index (Phi) is 5.37. The molecule has 2 aromatic rings. The van der Waals surface area contributed by atoms with E-state index in [9.17, 15) is 9.50 Å². The van der Waals surface area contributed by atoms with Gasteiger partial charge in [-0.25, -0.2) is 19.4 Å². The van der Waals surface area contributed by atoms with E-state index in [1.54, 1.807) is 28.6 Å². The Labute approximate surface area is 170 Å². The van der Waals surface area contributed by atoms with Crippen molar-refractivity contribution in [1.29, 1.82) is 0 Å². The number of fused-ring (bicyclic) bond motifs is 1. The third-order valence-corrected chi connectivity index (χ3v) is 6.64. The molecule has 146 valence electrons. The van der Waals surface area contributed by atoms with Gasteiger partial charge in [0, 0.05) is 24.4 Å². The summed E-state index contributed by atoms with van der Waals surface area (Å²) in [5.74, 6) is 0.830. The number of hydrogen-bond acceptors (Lipinski definition) is 9. The van der Waals surface area contributed by atoms with Crippen molar-refractivity contribution in [2.45, 2.75) is 25.0 Å². The van der Waals surface area contributed by atoms with Crippen LogP contribution in [0.15, 0.2) is 22.9 Å². The van der Waals surface area contributed by atoms with Crippen LogP contribution >= 0.6 is 35.5 Å². The second-order valence-electron chi connectivity index (χ2n) is 7.05. The fourth-order valence-electron chi connectivity index (χ4n) is 3.49. The van der Waals surface area contributed by atoms with Crippen LogP contribution in [0.2, 0.25) is 0 Å². The Balaban J connectivity index is 0.00000210. The number of aliphatic hydroxyl groups is 1. The molecule has 1 unspecified atom stereocenters. The molecule has 0 bridgehead atoms. The molecule has 2 atom stereocenters. The molecule has 0 amide bonds. The molecule has 1 fully saturated rings. The molecular formula is C16H20ClFN6OS2. The number of rotatable bonds is 3. The number of nitrogens with zero attached hydrogens (tertiary/aromatic N) is 5. The van der Waals surface area contributed by atoms with Gasteiger partial charge in [0.25, 0.3) is 0 Å². The Morgan fingerprint density at radius 3 is 2.85 bits per heavy atom. The molecule has 0 aliphatic carbocycles. The number of amidine groups is 1. The number of aliphatic imine (C=N–C) groups is 1. The van der Waals surface area contributed by atoms with E-state index >= 15 is 0 Å². The molecule has 4 heterocycles. The normalized spacial score (nSPS) is 25.0. The molecule has 3 N–H and O–H groups in total. The number of hydrogen-bond donors (Lipinski definition) is 2. The first kappa shape index (κ1) is 20.2. The minimum Gasteiger partial charge on any atom is -0.384 e. The third-order valence-electron chi connectivity index (χ3n) is 4.74. The largest absolute Gasteiger partial charge is 0.384 e. The Morgan fingerprint density at radius 2 is 2.19 bits per heavy atom. The lowest BCUT2D eigenvalue weighted by Crippen LogP contribution is -2.39. The van der Waals surface area contributed by atoms with Gasteiger partial charge in [0.05, 0.1) is 23.1 Å². The zero-order valence-electron chi connectivity index (χ0n) is 14.8. The first-order chi connectivity index (χ1) is 12.3. The molecule has 0 spiro atoms. The van der Waals surface area contributed by atoms with Gasteiger partial charge >= 0.3 is 0 Å². The van der Waals surface area contributed by atoms with Crippen molar-refractivity contribution >= 4 is 46.6 Å². The van der Waals surface area contributed by atoms with E-state index in [1.165, 1.54) is 13.8 Å². The maximum atomic E-state index is 14.0. The number of thioether (sulfide) groups is 1. The highest BCUT2D eigenvalue weighted by atomic mass is 35.5. The predicted octanol–water partition coefficient (Wildman–Crippen LogP) is 2.11. The van der Waals surface area contributed by atoms with Gasteiger partial charge in [-0.15, -0.1) is 23.7 Å². The van der Waals surface area contributed by atoms with Gasteiger partial charge in [0.15, 0.2) is 11.0 Å². The minimum atomic E-state index is -1.39. The van der Waals surface area contributed by atoms with Gasteiger partial charge in [-0.3, -0.25) is 4.98 Å². The van der Waals surface area contributed by atoms with Crippen LogP contribution in [0.5, 0.6) is 0 Å². The second-order valence-corrected chi connectivity index (χ2v) is 8.98. The summed E-state index contributed by atoms with van der Waals surface area (Å²) in [7, 11) is 0. The molecule has 2 aliphatic rings. The van der Waals surface area contributed by atoms with Crippen LogP contribution < -0.4 is 10.6 Å². The molecule has 4 rings (SSSR count). The molecule has 1 saturated heterocycles. The van der Waals surface area contributed by atoms with Gasteiger partial charge in [0.2, 0.25) is 5.95 Å². The molecule has 2 aromatic heterocycles. The molecule has 0 aromatic carbocycles. The zero-order valence-corrected chi connectivity index (χ0v) is 17.2. The maximum absolute atomic E-state index is 14.0. The number of aromatic nitrogens is 3. The van der Waals surface area contributed by atoms with E-state index in [0.29, 0.717) is 24.2 Å². The van der Waals surface area contributed by atoms with Gasteiger partial charge in [0.1, 0.15) is 16.8 Å². The van der Waals surface area contributed by atoms with Crippen molar-refractivity contribution in [2.75, 3.05) is 23.7 Å². The number of nitrogens with two attached hydrogens (primary N) is 1. The highest BCUT2D eigenvalue weighted by molar-refractivity contribution is 8.13. The van der Waals surface area contributed by atoms with Crippen LogP contribution in [-0.4, -0.2) is 44.1 Å². The predicted molar refractivity (Wildman–Crippen MR) is 108 cm³/mol. The summed E-state index contributed by atoms with van der Waals surface area (Å²) in [6, 6.07) is 0. The van der Waals surface area contributed by atoms with Crippen LogP contribution in [0.1, 0.15) is 24.4 Å². The smallest absolute Gasteiger partial charge is 0.225 e. The lowest BCUT2D eigenvalue weighted by molar-refractivity contribution is 0.0693. The van der Waals surface area contributed by atoms with Gasteiger partial charge < -0.3 is 15.7 Å². The van der Waals surface area contributed by atoms with E-state index < -0.39 is 17.0 Å². The van der Waals surface area contributed by atoms with Crippen LogP contribution in [0.3, 0.4) is 0 Å². The van der Waals surface area contributed by atoms with Crippen molar-refractivity contribution in [1.82, 2.24) is 15.0 Å². The average molecular weight is 431 g/mol. The molecule has 7 nitrogen and oxygen atoms in total. The van der Waals surface area contributed by atoms with Crippen molar-refractivity contribution in [3.63, 3.8) is 0 Å². The zero-order chi connectivity index (χ0) is 18.5. The van der Waals surface area contributed by atoms with Gasteiger partial charge in [-0.2, -0.15) is 0 Å². The van der Waals surface area contributed by atoms with E-state index in [1.807, 2.05) is 11.1 Å². The quantitative estimate of drug-likeness (QED) is 0.769. The van der Waals surface area contributed by atoms with E-state index in [-0.39, 0.29) is 24.0 Å². The van der Waals surface area contributed by atoms with Crippen molar-refractivity contribution in [3.8, 4) is 0 Å². The summed E-state index contributed by atoms with van der Waals surface area (Å²) in [6.07, 6.45) is 2.95. The van der Waals surface area contributed by atoms with E-state index in [0.717, 1.165) is 16.8 Å². The van der Waals surface area contributed by atoms with E-state index in [4.69, 9.17) is 10.7 Å². The summed E-state index contributed by atoms with van der Waals surface area (Å²) >= 11 is 3.10. The molecule has 27 heavy (non-hydrogen) atoms. The fourth-order valence-corrected chi connectivity index (χ4v) is 5.31. The highest BCUT2D eigenvalue weighted by Gasteiger charge is 2.51. The minimum absolute atomic E-state index is 0. The molecule has 11 heteroatoms. The van der Waals surface area contributed by atoms with Crippen LogP contribution in [0, 0.1) is 11.7 Å². The molecule has 2 aliphatic heterocycles. The summed E-state index contributed by atoms with van der Waals surface area (Å²) in [4.78, 5) is 20.5. The fraction of sp³-hybridized carbons (Fsp3) is 0.500. The Hall–Kier alpha value is -1.49. The Bertz CT molecular complexity index is 859. The van der Waals surface area contributed by atoms with Crippen molar-refractivity contribution in [3.05, 3.63) is 34.3 Å². The molecule has 0 radical (unpaired) electrons. The maximum Gasteiger partial charge on any atom is 0.225 e. The number of anilines is 1. The second kappa shape index (κ2) is 7.16. The van der Waals surface area contributed by atoms with Crippen LogP contribution in [-0.2, 0) is 11.1 Å². The van der Waals surface area contributed by atoms with Crippen molar-refractivity contribution in [2.24, 2.45) is 16.6 Å². The monoisotopic (exact) mass is 430 g/mol. The lowest BCUT2D eigenvalue weighted by atomic mass is 9.87. The SMILES string of the molecule is CC(C)(O)c1nc(N2C[C@H]3CSC(N)=NC3(c3cncs3)C2)ncc1F.Cl. The first-order valence-electron chi connectivity index (χ1n) is 8.17. The third kappa shape index (κ3) is 3.51. The van der Waals surface area contributed by atoms with Crippen LogP contribution in [0.4, 0.5) is 10.3 Å². The number of halogens is 2.